The van der Waals surface area contributed by atoms with Crippen LogP contribution in [0, 0.1) is 5.92 Å². The van der Waals surface area contributed by atoms with E-state index in [1.807, 2.05) is 49.2 Å². The number of halogens is 1. The van der Waals surface area contributed by atoms with Crippen LogP contribution in [0.2, 0.25) is 0 Å². The second kappa shape index (κ2) is 11.8. The second-order valence-corrected chi connectivity index (χ2v) is 6.42. The van der Waals surface area contributed by atoms with Crippen LogP contribution >= 0.6 is 12.4 Å². The molecule has 1 amide bonds. The highest BCUT2D eigenvalue weighted by molar-refractivity contribution is 5.85. The van der Waals surface area contributed by atoms with Gasteiger partial charge >= 0.3 is 0 Å². The van der Waals surface area contributed by atoms with Crippen LogP contribution in [0.3, 0.4) is 0 Å². The zero-order valence-corrected chi connectivity index (χ0v) is 16.8. The molecular weight excluding hydrogens is 352 g/mol. The van der Waals surface area contributed by atoms with Gasteiger partial charge in [0.05, 0.1) is 7.11 Å². The number of carbonyl (C=O) groups excluding carboxylic acids is 1. The van der Waals surface area contributed by atoms with Gasteiger partial charge in [-0.2, -0.15) is 0 Å². The summed E-state index contributed by atoms with van der Waals surface area (Å²) in [6, 6.07) is 5.72. The Labute approximate surface area is 163 Å². The number of benzene rings is 1. The highest BCUT2D eigenvalue weighted by Gasteiger charge is 2.23. The second-order valence-electron chi connectivity index (χ2n) is 6.42. The van der Waals surface area contributed by atoms with Crippen LogP contribution in [0.1, 0.15) is 31.7 Å². The molecule has 0 spiro atoms. The van der Waals surface area contributed by atoms with Gasteiger partial charge in [-0.05, 0) is 63.4 Å². The molecule has 26 heavy (non-hydrogen) atoms. The Morgan fingerprint density at radius 2 is 2.04 bits per heavy atom. The van der Waals surface area contributed by atoms with Gasteiger partial charge in [0.15, 0.2) is 18.1 Å². The fourth-order valence-corrected chi connectivity index (χ4v) is 3.15. The third-order valence-electron chi connectivity index (χ3n) is 4.67. The number of carbonyl (C=O) groups is 1. The molecule has 6 heteroatoms. The van der Waals surface area contributed by atoms with Gasteiger partial charge in [-0.15, -0.1) is 12.4 Å². The van der Waals surface area contributed by atoms with E-state index in [2.05, 4.69) is 5.32 Å². The Bertz CT molecular complexity index is 584. The lowest BCUT2D eigenvalue weighted by Gasteiger charge is -2.32. The van der Waals surface area contributed by atoms with Crippen molar-refractivity contribution in [3.8, 4) is 11.5 Å². The molecule has 1 aliphatic heterocycles. The standard InChI is InChI=1S/C20H30N2O3.ClH/c1-4-5-17-6-7-18(19(14-17)24-3)25-15-20(23)22-12-9-16(10-13-22)8-11-21-2;/h4-7,14,16,21H,8-13,15H2,1-3H3;1H/b5-4+;. The Kier molecular flexibility index (Phi) is 10.1. The van der Waals surface area contributed by atoms with Gasteiger partial charge < -0.3 is 19.7 Å². The first-order valence-electron chi connectivity index (χ1n) is 9.03. The topological polar surface area (TPSA) is 50.8 Å². The maximum absolute atomic E-state index is 12.4. The molecule has 2 rings (SSSR count). The predicted molar refractivity (Wildman–Crippen MR) is 108 cm³/mol. The number of likely N-dealkylation sites (tertiary alicyclic amines) is 1. The lowest BCUT2D eigenvalue weighted by atomic mass is 9.93. The van der Waals surface area contributed by atoms with Crippen molar-refractivity contribution >= 4 is 24.4 Å². The summed E-state index contributed by atoms with van der Waals surface area (Å²) in [5, 5.41) is 3.19. The molecular formula is C20H31ClN2O3. The van der Waals surface area contributed by atoms with Crippen LogP contribution in [0.4, 0.5) is 0 Å². The van der Waals surface area contributed by atoms with Gasteiger partial charge in [-0.3, -0.25) is 4.79 Å². The Morgan fingerprint density at radius 1 is 1.31 bits per heavy atom. The fourth-order valence-electron chi connectivity index (χ4n) is 3.15. The smallest absolute Gasteiger partial charge is 0.260 e. The van der Waals surface area contributed by atoms with Crippen molar-refractivity contribution < 1.29 is 14.3 Å². The van der Waals surface area contributed by atoms with Crippen LogP contribution in [-0.4, -0.2) is 51.2 Å². The number of hydrogen-bond acceptors (Lipinski definition) is 4. The first kappa shape index (κ1) is 22.3. The molecule has 1 fully saturated rings. The minimum atomic E-state index is 0. The van der Waals surface area contributed by atoms with E-state index >= 15 is 0 Å². The van der Waals surface area contributed by atoms with Crippen LogP contribution in [0.25, 0.3) is 6.08 Å². The summed E-state index contributed by atoms with van der Waals surface area (Å²) >= 11 is 0. The fraction of sp³-hybridized carbons (Fsp3) is 0.550. The Morgan fingerprint density at radius 3 is 2.65 bits per heavy atom. The highest BCUT2D eigenvalue weighted by Crippen LogP contribution is 2.29. The Hall–Kier alpha value is -1.72. The molecule has 0 bridgehead atoms. The largest absolute Gasteiger partial charge is 0.493 e. The summed E-state index contributed by atoms with van der Waals surface area (Å²) in [4.78, 5) is 14.3. The van der Waals surface area contributed by atoms with E-state index in [9.17, 15) is 4.79 Å². The highest BCUT2D eigenvalue weighted by atomic mass is 35.5. The van der Waals surface area contributed by atoms with Crippen molar-refractivity contribution in [2.45, 2.75) is 26.2 Å². The maximum Gasteiger partial charge on any atom is 0.260 e. The molecule has 1 aromatic rings. The average molecular weight is 383 g/mol. The van der Waals surface area contributed by atoms with E-state index in [4.69, 9.17) is 9.47 Å². The molecule has 1 aromatic carbocycles. The molecule has 0 aromatic heterocycles. The molecule has 0 atom stereocenters. The molecule has 0 unspecified atom stereocenters. The lowest BCUT2D eigenvalue weighted by Crippen LogP contribution is -2.41. The number of piperidine rings is 1. The normalized spacial score (nSPS) is 15.0. The minimum Gasteiger partial charge on any atom is -0.493 e. The first-order valence-corrected chi connectivity index (χ1v) is 9.03. The molecule has 1 N–H and O–H groups in total. The molecule has 0 radical (unpaired) electrons. The van der Waals surface area contributed by atoms with Crippen molar-refractivity contribution in [2.24, 2.45) is 5.92 Å². The molecule has 1 aliphatic rings. The average Bonchev–Trinajstić information content (AvgIpc) is 2.65. The third-order valence-corrected chi connectivity index (χ3v) is 4.67. The van der Waals surface area contributed by atoms with Crippen molar-refractivity contribution in [3.63, 3.8) is 0 Å². The number of amides is 1. The SMILES string of the molecule is C/C=C/c1ccc(OCC(=O)N2CCC(CCNC)CC2)c(OC)c1.Cl. The Balaban J connectivity index is 0.00000338. The van der Waals surface area contributed by atoms with Gasteiger partial charge in [0.2, 0.25) is 0 Å². The van der Waals surface area contributed by atoms with E-state index in [0.717, 1.165) is 44.0 Å². The number of allylic oxidation sites excluding steroid dienone is 1. The number of hydrogen-bond donors (Lipinski definition) is 1. The molecule has 146 valence electrons. The quantitative estimate of drug-likeness (QED) is 0.748. The van der Waals surface area contributed by atoms with Gasteiger partial charge in [-0.1, -0.05) is 18.2 Å². The van der Waals surface area contributed by atoms with Gasteiger partial charge in [0, 0.05) is 13.1 Å². The summed E-state index contributed by atoms with van der Waals surface area (Å²) in [5.74, 6) is 2.02. The number of ether oxygens (including phenoxy) is 2. The van der Waals surface area contributed by atoms with E-state index < -0.39 is 0 Å². The maximum atomic E-state index is 12.4. The molecule has 0 aliphatic carbocycles. The summed E-state index contributed by atoms with van der Waals surface area (Å²) < 4.78 is 11.1. The number of nitrogens with one attached hydrogen (secondary N) is 1. The van der Waals surface area contributed by atoms with Gasteiger partial charge in [-0.25, -0.2) is 0 Å². The van der Waals surface area contributed by atoms with Gasteiger partial charge in [0.1, 0.15) is 0 Å². The van der Waals surface area contributed by atoms with Crippen molar-refractivity contribution in [2.75, 3.05) is 40.4 Å². The summed E-state index contributed by atoms with van der Waals surface area (Å²) in [6.45, 7) is 4.73. The van der Waals surface area contributed by atoms with Crippen LogP contribution in [0.5, 0.6) is 11.5 Å². The predicted octanol–water partition coefficient (Wildman–Crippen LogP) is 3.38. The van der Waals surface area contributed by atoms with E-state index in [1.54, 1.807) is 7.11 Å². The number of nitrogens with zero attached hydrogens (tertiary/aromatic N) is 1. The van der Waals surface area contributed by atoms with Gasteiger partial charge in [0.25, 0.3) is 5.91 Å². The summed E-state index contributed by atoms with van der Waals surface area (Å²) in [7, 11) is 3.59. The zero-order chi connectivity index (χ0) is 18.1. The molecule has 0 saturated carbocycles. The summed E-state index contributed by atoms with van der Waals surface area (Å²) in [6.07, 6.45) is 7.31. The third kappa shape index (κ3) is 6.54. The zero-order valence-electron chi connectivity index (χ0n) is 16.0. The van der Waals surface area contributed by atoms with Crippen molar-refractivity contribution in [1.82, 2.24) is 10.2 Å². The monoisotopic (exact) mass is 382 g/mol. The van der Waals surface area contributed by atoms with Crippen LogP contribution < -0.4 is 14.8 Å². The number of rotatable bonds is 8. The van der Waals surface area contributed by atoms with E-state index in [1.165, 1.54) is 6.42 Å². The molecule has 1 saturated heterocycles. The molecule has 5 nitrogen and oxygen atoms in total. The van der Waals surface area contributed by atoms with E-state index in [-0.39, 0.29) is 24.9 Å². The minimum absolute atomic E-state index is 0. The summed E-state index contributed by atoms with van der Waals surface area (Å²) in [5.41, 5.74) is 1.04. The first-order chi connectivity index (χ1) is 12.2. The number of methoxy groups -OCH3 is 1. The molecule has 1 heterocycles. The van der Waals surface area contributed by atoms with Crippen molar-refractivity contribution in [1.29, 1.82) is 0 Å². The lowest BCUT2D eigenvalue weighted by molar-refractivity contribution is -0.134. The van der Waals surface area contributed by atoms with Crippen molar-refractivity contribution in [3.05, 3.63) is 29.8 Å². The van der Waals surface area contributed by atoms with Crippen LogP contribution in [-0.2, 0) is 4.79 Å². The van der Waals surface area contributed by atoms with E-state index in [0.29, 0.717) is 11.5 Å². The van der Waals surface area contributed by atoms with Crippen LogP contribution in [0.15, 0.2) is 24.3 Å².